The molecule has 16 nitrogen and oxygen atoms in total. The maximum atomic E-state index is 12.7. The molecule has 33 heavy (non-hydrogen) atoms. The minimum absolute atomic E-state index is 0.0303. The molecular formula is C17H31N7O9. The van der Waals surface area contributed by atoms with Gasteiger partial charge in [0.05, 0.1) is 19.1 Å². The number of aliphatic hydroxyl groups excluding tert-OH is 2. The van der Waals surface area contributed by atoms with E-state index in [9.17, 15) is 34.2 Å². The van der Waals surface area contributed by atoms with Crippen LogP contribution in [0.2, 0.25) is 0 Å². The lowest BCUT2D eigenvalue weighted by atomic mass is 10.1. The van der Waals surface area contributed by atoms with Crippen molar-refractivity contribution in [3.8, 4) is 0 Å². The fourth-order valence-electron chi connectivity index (χ4n) is 2.37. The van der Waals surface area contributed by atoms with Crippen molar-refractivity contribution < 1.29 is 44.4 Å². The number of carbonyl (C=O) groups excluding carboxylic acids is 3. The number of rotatable bonds is 15. The Morgan fingerprint density at radius 3 is 1.88 bits per heavy atom. The first kappa shape index (κ1) is 29.5. The van der Waals surface area contributed by atoms with Gasteiger partial charge in [0.2, 0.25) is 17.7 Å². The molecule has 16 heteroatoms. The van der Waals surface area contributed by atoms with Gasteiger partial charge in [0.25, 0.3) is 0 Å². The molecule has 0 spiro atoms. The van der Waals surface area contributed by atoms with Crippen LogP contribution in [0.4, 0.5) is 0 Å². The zero-order valence-corrected chi connectivity index (χ0v) is 17.9. The zero-order valence-electron chi connectivity index (χ0n) is 17.9. The summed E-state index contributed by atoms with van der Waals surface area (Å²) < 4.78 is 0. The van der Waals surface area contributed by atoms with Crippen LogP contribution < -0.4 is 33.2 Å². The van der Waals surface area contributed by atoms with Gasteiger partial charge in [-0.05, 0) is 19.8 Å². The fourth-order valence-corrected chi connectivity index (χ4v) is 2.37. The second-order valence-corrected chi connectivity index (χ2v) is 7.02. The maximum absolute atomic E-state index is 12.7. The highest BCUT2D eigenvalue weighted by Crippen LogP contribution is 2.02. The van der Waals surface area contributed by atoms with Crippen LogP contribution in [0.15, 0.2) is 4.99 Å². The molecule has 5 atom stereocenters. The first-order valence-corrected chi connectivity index (χ1v) is 9.75. The van der Waals surface area contributed by atoms with E-state index in [0.29, 0.717) is 0 Å². The van der Waals surface area contributed by atoms with Gasteiger partial charge in [-0.25, -0.2) is 4.79 Å². The molecule has 0 rings (SSSR count). The Kier molecular flexibility index (Phi) is 13.0. The Morgan fingerprint density at radius 2 is 1.42 bits per heavy atom. The van der Waals surface area contributed by atoms with E-state index in [-0.39, 0.29) is 25.3 Å². The van der Waals surface area contributed by atoms with Gasteiger partial charge in [-0.2, -0.15) is 0 Å². The van der Waals surface area contributed by atoms with Crippen LogP contribution in [0.5, 0.6) is 0 Å². The number of guanidine groups is 1. The third-order valence-electron chi connectivity index (χ3n) is 4.21. The summed E-state index contributed by atoms with van der Waals surface area (Å²) in [6.45, 7) is 0.406. The summed E-state index contributed by atoms with van der Waals surface area (Å²) in [6, 6.07) is -6.11. The Balaban J connectivity index is 5.36. The van der Waals surface area contributed by atoms with E-state index >= 15 is 0 Å². The van der Waals surface area contributed by atoms with Gasteiger partial charge in [-0.3, -0.25) is 24.2 Å². The zero-order chi connectivity index (χ0) is 25.7. The van der Waals surface area contributed by atoms with Crippen LogP contribution >= 0.6 is 0 Å². The molecule has 0 aliphatic heterocycles. The largest absolute Gasteiger partial charge is 0.481 e. The van der Waals surface area contributed by atoms with Crippen molar-refractivity contribution in [2.75, 3.05) is 13.2 Å². The van der Waals surface area contributed by atoms with Crippen LogP contribution in [0.3, 0.4) is 0 Å². The average Bonchev–Trinajstić information content (AvgIpc) is 2.71. The molecule has 0 aromatic carbocycles. The van der Waals surface area contributed by atoms with Crippen LogP contribution in [0.25, 0.3) is 0 Å². The topological polar surface area (TPSA) is 293 Å². The number of amides is 3. The third kappa shape index (κ3) is 11.6. The van der Waals surface area contributed by atoms with Crippen molar-refractivity contribution in [1.82, 2.24) is 16.0 Å². The predicted octanol–water partition coefficient (Wildman–Crippen LogP) is -5.25. The molecule has 0 aliphatic rings. The molecule has 3 amide bonds. The van der Waals surface area contributed by atoms with Gasteiger partial charge in [0.15, 0.2) is 5.96 Å². The van der Waals surface area contributed by atoms with Crippen molar-refractivity contribution >= 4 is 35.6 Å². The fraction of sp³-hybridized carbons (Fsp3) is 0.647. The van der Waals surface area contributed by atoms with Crippen LogP contribution in [-0.2, 0) is 24.0 Å². The van der Waals surface area contributed by atoms with Crippen molar-refractivity contribution in [3.63, 3.8) is 0 Å². The summed E-state index contributed by atoms with van der Waals surface area (Å²) in [4.78, 5) is 62.7. The van der Waals surface area contributed by atoms with Crippen molar-refractivity contribution in [3.05, 3.63) is 0 Å². The summed E-state index contributed by atoms with van der Waals surface area (Å²) >= 11 is 0. The lowest BCUT2D eigenvalue weighted by Gasteiger charge is -2.24. The second-order valence-electron chi connectivity index (χ2n) is 7.02. The minimum Gasteiger partial charge on any atom is -0.481 e. The van der Waals surface area contributed by atoms with Gasteiger partial charge in [-0.1, -0.05) is 0 Å². The monoisotopic (exact) mass is 477 g/mol. The second kappa shape index (κ2) is 14.5. The van der Waals surface area contributed by atoms with E-state index in [2.05, 4.69) is 15.6 Å². The van der Waals surface area contributed by atoms with Gasteiger partial charge < -0.3 is 53.6 Å². The van der Waals surface area contributed by atoms with Crippen molar-refractivity contribution in [2.45, 2.75) is 56.5 Å². The molecule has 0 bridgehead atoms. The van der Waals surface area contributed by atoms with Gasteiger partial charge in [-0.15, -0.1) is 0 Å². The normalized spacial score (nSPS) is 15.2. The Morgan fingerprint density at radius 1 is 0.909 bits per heavy atom. The van der Waals surface area contributed by atoms with Crippen LogP contribution in [0.1, 0.15) is 26.2 Å². The number of hydrogen-bond donors (Lipinski definition) is 10. The first-order chi connectivity index (χ1) is 15.3. The van der Waals surface area contributed by atoms with Gasteiger partial charge >= 0.3 is 11.9 Å². The van der Waals surface area contributed by atoms with E-state index in [1.807, 2.05) is 5.32 Å². The van der Waals surface area contributed by atoms with E-state index in [1.165, 1.54) is 6.92 Å². The van der Waals surface area contributed by atoms with E-state index in [1.54, 1.807) is 0 Å². The lowest BCUT2D eigenvalue weighted by Crippen LogP contribution is -2.59. The number of carboxylic acids is 2. The molecule has 0 heterocycles. The number of nitrogens with two attached hydrogens (primary N) is 3. The summed E-state index contributed by atoms with van der Waals surface area (Å²) in [5, 5.41) is 43.0. The molecular weight excluding hydrogens is 446 g/mol. The Hall–Kier alpha value is -3.50. The summed E-state index contributed by atoms with van der Waals surface area (Å²) in [7, 11) is 0. The standard InChI is InChI=1S/C17H31N7O9/c1-7(26)12(18)15(31)22-8(3-2-4-21-17(19)20)13(29)24-10(6-25)14(30)23-9(16(32)33)5-11(27)28/h7-10,12,25-26H,2-6,18H2,1H3,(H,22,31)(H,23,30)(H,24,29)(H,27,28)(H,32,33)(H4,19,20,21). The highest BCUT2D eigenvalue weighted by molar-refractivity contribution is 5.94. The lowest BCUT2D eigenvalue weighted by molar-refractivity contribution is -0.147. The van der Waals surface area contributed by atoms with Crippen molar-refractivity contribution in [2.24, 2.45) is 22.2 Å². The number of hydrogen-bond acceptors (Lipinski definition) is 9. The number of carbonyl (C=O) groups is 5. The minimum atomic E-state index is -1.81. The molecule has 188 valence electrons. The average molecular weight is 477 g/mol. The molecule has 13 N–H and O–H groups in total. The summed E-state index contributed by atoms with van der Waals surface area (Å²) in [5.74, 6) is -6.29. The van der Waals surface area contributed by atoms with E-state index < -0.39 is 73.0 Å². The Bertz CT molecular complexity index is 740. The molecule has 0 aliphatic carbocycles. The van der Waals surface area contributed by atoms with Gasteiger partial charge in [0, 0.05) is 6.54 Å². The predicted molar refractivity (Wildman–Crippen MR) is 112 cm³/mol. The first-order valence-electron chi connectivity index (χ1n) is 9.75. The van der Waals surface area contributed by atoms with Crippen molar-refractivity contribution in [1.29, 1.82) is 0 Å². The number of nitrogens with zero attached hydrogens (tertiary/aromatic N) is 1. The highest BCUT2D eigenvalue weighted by atomic mass is 16.4. The van der Waals surface area contributed by atoms with Gasteiger partial charge in [0.1, 0.15) is 24.2 Å². The smallest absolute Gasteiger partial charge is 0.326 e. The third-order valence-corrected chi connectivity index (χ3v) is 4.21. The molecule has 0 saturated heterocycles. The number of nitrogens with one attached hydrogen (secondary N) is 3. The Labute approximate surface area is 188 Å². The number of aliphatic hydroxyl groups is 2. The SMILES string of the molecule is CC(O)C(N)C(=O)NC(CCCN=C(N)N)C(=O)NC(CO)C(=O)NC(CC(=O)O)C(=O)O. The molecule has 5 unspecified atom stereocenters. The summed E-state index contributed by atoms with van der Waals surface area (Å²) in [5.41, 5.74) is 16.0. The molecule has 0 aromatic rings. The quantitative estimate of drug-likeness (QED) is 0.0601. The highest BCUT2D eigenvalue weighted by Gasteiger charge is 2.31. The number of carboxylic acid groups (broad SMARTS) is 2. The van der Waals surface area contributed by atoms with E-state index in [4.69, 9.17) is 27.4 Å². The number of aliphatic imine (C=N–C) groups is 1. The van der Waals surface area contributed by atoms with Crippen LogP contribution in [0, 0.1) is 0 Å². The number of aliphatic carboxylic acids is 2. The molecule has 0 aromatic heterocycles. The molecule has 0 radical (unpaired) electrons. The van der Waals surface area contributed by atoms with E-state index in [0.717, 1.165) is 0 Å². The molecule has 0 saturated carbocycles. The maximum Gasteiger partial charge on any atom is 0.326 e. The van der Waals surface area contributed by atoms with Crippen LogP contribution in [-0.4, -0.2) is 99.5 Å². The summed E-state index contributed by atoms with van der Waals surface area (Å²) in [6.07, 6.45) is -1.99. The molecule has 0 fully saturated rings.